The fraction of sp³-hybridized carbons (Fsp3) is 0.286. The van der Waals surface area contributed by atoms with Crippen LogP contribution in [0.2, 0.25) is 15.1 Å². The number of carbonyl (C=O) groups excluding carboxylic acids is 3. The van der Waals surface area contributed by atoms with Crippen molar-refractivity contribution in [2.45, 2.75) is 32.4 Å². The highest BCUT2D eigenvalue weighted by Gasteiger charge is 2.19. The summed E-state index contributed by atoms with van der Waals surface area (Å²) < 4.78 is 5.07. The van der Waals surface area contributed by atoms with Crippen molar-refractivity contribution in [1.29, 1.82) is 0 Å². The van der Waals surface area contributed by atoms with Crippen LogP contribution in [0.4, 0.5) is 0 Å². The smallest absolute Gasteiger partial charge is 0.308 e. The Balaban J connectivity index is 1.89. The van der Waals surface area contributed by atoms with Crippen molar-refractivity contribution in [3.63, 3.8) is 0 Å². The van der Waals surface area contributed by atoms with E-state index in [0.717, 1.165) is 5.56 Å². The standard InChI is InChI=1S/C21H21Cl3N2O4/c1-12(15-5-8-17(23)18(24)9-15)25-20(28)11-30-21(29)10-19(26-13(2)27)14-3-6-16(22)7-4-14/h3-9,12,19H,10-11H2,1-2H3,(H,25,28)(H,26,27). The van der Waals surface area contributed by atoms with E-state index in [1.807, 2.05) is 0 Å². The van der Waals surface area contributed by atoms with Crippen LogP contribution in [0.15, 0.2) is 42.5 Å². The lowest BCUT2D eigenvalue weighted by molar-refractivity contribution is -0.149. The molecule has 2 aromatic carbocycles. The predicted octanol–water partition coefficient (Wildman–Crippen LogP) is 4.63. The van der Waals surface area contributed by atoms with Gasteiger partial charge in [-0.05, 0) is 42.3 Å². The molecule has 0 aliphatic rings. The molecule has 0 saturated carbocycles. The van der Waals surface area contributed by atoms with Gasteiger partial charge in [-0.2, -0.15) is 0 Å². The van der Waals surface area contributed by atoms with E-state index in [9.17, 15) is 14.4 Å². The van der Waals surface area contributed by atoms with Crippen LogP contribution in [-0.2, 0) is 19.1 Å². The van der Waals surface area contributed by atoms with Crippen molar-refractivity contribution in [3.05, 3.63) is 68.7 Å². The number of ether oxygens (including phenoxy) is 1. The minimum atomic E-state index is -0.624. The minimum Gasteiger partial charge on any atom is -0.456 e. The van der Waals surface area contributed by atoms with E-state index in [4.69, 9.17) is 39.5 Å². The summed E-state index contributed by atoms with van der Waals surface area (Å²) in [6.45, 7) is 2.68. The molecular weight excluding hydrogens is 451 g/mol. The zero-order valence-corrected chi connectivity index (χ0v) is 18.6. The molecular formula is C21H21Cl3N2O4. The fourth-order valence-corrected chi connectivity index (χ4v) is 3.15. The zero-order chi connectivity index (χ0) is 22.3. The highest BCUT2D eigenvalue weighted by molar-refractivity contribution is 6.42. The Labute approximate surface area is 189 Å². The number of halogens is 3. The topological polar surface area (TPSA) is 84.5 Å². The summed E-state index contributed by atoms with van der Waals surface area (Å²) in [5, 5.41) is 6.75. The Morgan fingerprint density at radius 3 is 2.17 bits per heavy atom. The van der Waals surface area contributed by atoms with Gasteiger partial charge in [0.2, 0.25) is 5.91 Å². The number of rotatable bonds is 8. The van der Waals surface area contributed by atoms with E-state index in [1.165, 1.54) is 6.92 Å². The summed E-state index contributed by atoms with van der Waals surface area (Å²) in [6, 6.07) is 10.8. The molecule has 0 heterocycles. The van der Waals surface area contributed by atoms with Crippen molar-refractivity contribution in [2.75, 3.05) is 6.61 Å². The third kappa shape index (κ3) is 7.52. The summed E-state index contributed by atoms with van der Waals surface area (Å²) in [5.74, 6) is -1.39. The van der Waals surface area contributed by atoms with Crippen LogP contribution >= 0.6 is 34.8 Å². The van der Waals surface area contributed by atoms with Crippen LogP contribution in [0.25, 0.3) is 0 Å². The van der Waals surface area contributed by atoms with Crippen LogP contribution in [0.3, 0.4) is 0 Å². The molecule has 0 fully saturated rings. The molecule has 0 bridgehead atoms. The number of carbonyl (C=O) groups is 3. The number of nitrogens with one attached hydrogen (secondary N) is 2. The molecule has 2 N–H and O–H groups in total. The molecule has 0 radical (unpaired) electrons. The lowest BCUT2D eigenvalue weighted by atomic mass is 10.0. The van der Waals surface area contributed by atoms with Gasteiger partial charge in [-0.1, -0.05) is 53.0 Å². The third-order valence-corrected chi connectivity index (χ3v) is 5.20. The van der Waals surface area contributed by atoms with Gasteiger partial charge >= 0.3 is 5.97 Å². The number of amides is 2. The van der Waals surface area contributed by atoms with E-state index >= 15 is 0 Å². The Morgan fingerprint density at radius 2 is 1.57 bits per heavy atom. The maximum absolute atomic E-state index is 12.2. The second-order valence-electron chi connectivity index (χ2n) is 6.63. The van der Waals surface area contributed by atoms with Crippen molar-refractivity contribution in [3.8, 4) is 0 Å². The molecule has 0 aromatic heterocycles. The molecule has 2 atom stereocenters. The van der Waals surface area contributed by atoms with Gasteiger partial charge in [0.15, 0.2) is 6.61 Å². The summed E-state index contributed by atoms with van der Waals surface area (Å²) in [6.07, 6.45) is -0.128. The first-order valence-corrected chi connectivity index (χ1v) is 10.2. The Morgan fingerprint density at radius 1 is 0.933 bits per heavy atom. The Hall–Kier alpha value is -2.28. The number of hydrogen-bond donors (Lipinski definition) is 2. The highest BCUT2D eigenvalue weighted by atomic mass is 35.5. The Bertz CT molecular complexity index is 919. The Kier molecular flexibility index (Phi) is 8.96. The van der Waals surface area contributed by atoms with Crippen LogP contribution < -0.4 is 10.6 Å². The average Bonchev–Trinajstić information content (AvgIpc) is 2.68. The zero-order valence-electron chi connectivity index (χ0n) is 16.4. The van der Waals surface area contributed by atoms with Gasteiger partial charge in [-0.15, -0.1) is 0 Å². The van der Waals surface area contributed by atoms with E-state index < -0.39 is 24.5 Å². The van der Waals surface area contributed by atoms with E-state index in [2.05, 4.69) is 10.6 Å². The maximum atomic E-state index is 12.2. The molecule has 0 saturated heterocycles. The first-order chi connectivity index (χ1) is 14.2. The van der Waals surface area contributed by atoms with E-state index in [0.29, 0.717) is 20.6 Å². The molecule has 2 rings (SSSR count). The van der Waals surface area contributed by atoms with Crippen molar-refractivity contribution in [1.82, 2.24) is 10.6 Å². The molecule has 160 valence electrons. The molecule has 2 amide bonds. The quantitative estimate of drug-likeness (QED) is 0.550. The van der Waals surface area contributed by atoms with Gasteiger partial charge in [0.1, 0.15) is 0 Å². The second kappa shape index (κ2) is 11.2. The molecule has 0 aliphatic carbocycles. The normalized spacial score (nSPS) is 12.6. The molecule has 2 aromatic rings. The fourth-order valence-electron chi connectivity index (χ4n) is 2.71. The van der Waals surface area contributed by atoms with Gasteiger partial charge in [0.05, 0.1) is 28.5 Å². The number of benzene rings is 2. The molecule has 30 heavy (non-hydrogen) atoms. The summed E-state index contributed by atoms with van der Waals surface area (Å²) in [4.78, 5) is 35.8. The van der Waals surface area contributed by atoms with Crippen molar-refractivity contribution < 1.29 is 19.1 Å². The minimum absolute atomic E-state index is 0.128. The van der Waals surface area contributed by atoms with Crippen LogP contribution in [0.1, 0.15) is 43.5 Å². The van der Waals surface area contributed by atoms with E-state index in [1.54, 1.807) is 49.4 Å². The SMILES string of the molecule is CC(=O)NC(CC(=O)OCC(=O)NC(C)c1ccc(Cl)c(Cl)c1)c1ccc(Cl)cc1. The molecule has 6 nitrogen and oxygen atoms in total. The second-order valence-corrected chi connectivity index (χ2v) is 7.88. The highest BCUT2D eigenvalue weighted by Crippen LogP contribution is 2.25. The molecule has 0 spiro atoms. The van der Waals surface area contributed by atoms with Crippen LogP contribution in [0.5, 0.6) is 0 Å². The summed E-state index contributed by atoms with van der Waals surface area (Å²) in [5.41, 5.74) is 1.46. The molecule has 0 aliphatic heterocycles. The largest absolute Gasteiger partial charge is 0.456 e. The monoisotopic (exact) mass is 470 g/mol. The molecule has 9 heteroatoms. The van der Waals surface area contributed by atoms with Crippen molar-refractivity contribution >= 4 is 52.6 Å². The molecule has 2 unspecified atom stereocenters. The van der Waals surface area contributed by atoms with Gasteiger partial charge in [-0.25, -0.2) is 0 Å². The maximum Gasteiger partial charge on any atom is 0.308 e. The van der Waals surface area contributed by atoms with Crippen LogP contribution in [-0.4, -0.2) is 24.4 Å². The van der Waals surface area contributed by atoms with Gasteiger partial charge in [0, 0.05) is 11.9 Å². The number of esters is 1. The first-order valence-electron chi connectivity index (χ1n) is 9.08. The van der Waals surface area contributed by atoms with E-state index in [-0.39, 0.29) is 18.4 Å². The van der Waals surface area contributed by atoms with Gasteiger partial charge in [0.25, 0.3) is 5.91 Å². The van der Waals surface area contributed by atoms with Gasteiger partial charge in [-0.3, -0.25) is 14.4 Å². The predicted molar refractivity (Wildman–Crippen MR) is 117 cm³/mol. The summed E-state index contributed by atoms with van der Waals surface area (Å²) >= 11 is 17.8. The number of hydrogen-bond acceptors (Lipinski definition) is 4. The lowest BCUT2D eigenvalue weighted by Gasteiger charge is -2.18. The van der Waals surface area contributed by atoms with Gasteiger partial charge < -0.3 is 15.4 Å². The third-order valence-electron chi connectivity index (χ3n) is 4.21. The summed E-state index contributed by atoms with van der Waals surface area (Å²) in [7, 11) is 0. The van der Waals surface area contributed by atoms with Crippen LogP contribution in [0, 0.1) is 0 Å². The first kappa shape index (κ1) is 24.0. The average molecular weight is 472 g/mol. The lowest BCUT2D eigenvalue weighted by Crippen LogP contribution is -2.32. The van der Waals surface area contributed by atoms with Crippen molar-refractivity contribution in [2.24, 2.45) is 0 Å².